The standard InChI is InChI=1S/C23H29NO3S/c1-17(2)20-6-3-19(4-7-20)16-24(22-8-9-22)28(25,26)14-12-18-5-10-23-21(15-18)11-13-27-23/h3-7,10,15,17,22H,8-9,11-14,16H2,1-2H3. The first-order chi connectivity index (χ1) is 13.4. The third-order valence-electron chi connectivity index (χ3n) is 5.70. The predicted octanol–water partition coefficient (Wildman–Crippen LogP) is 4.28. The molecule has 0 bridgehead atoms. The van der Waals surface area contributed by atoms with E-state index in [4.69, 9.17) is 4.74 Å². The normalized spacial score (nSPS) is 16.4. The molecule has 150 valence electrons. The number of benzene rings is 2. The molecule has 2 aliphatic rings. The maximum Gasteiger partial charge on any atom is 0.214 e. The van der Waals surface area contributed by atoms with Crippen molar-refractivity contribution in [2.24, 2.45) is 0 Å². The fourth-order valence-electron chi connectivity index (χ4n) is 3.76. The van der Waals surface area contributed by atoms with E-state index in [1.165, 1.54) is 11.1 Å². The van der Waals surface area contributed by atoms with E-state index >= 15 is 0 Å². The SMILES string of the molecule is CC(C)c1ccc(CN(C2CC2)S(=O)(=O)CCc2ccc3c(c2)CCO3)cc1. The molecule has 0 saturated heterocycles. The van der Waals surface area contributed by atoms with Crippen LogP contribution in [-0.4, -0.2) is 31.1 Å². The van der Waals surface area contributed by atoms with Crippen LogP contribution >= 0.6 is 0 Å². The van der Waals surface area contributed by atoms with E-state index in [9.17, 15) is 8.42 Å². The Hall–Kier alpha value is -1.85. The van der Waals surface area contributed by atoms with Crippen LogP contribution in [0, 0.1) is 0 Å². The number of fused-ring (bicyclic) bond motifs is 1. The molecule has 0 spiro atoms. The van der Waals surface area contributed by atoms with Gasteiger partial charge in [0, 0.05) is 19.0 Å². The van der Waals surface area contributed by atoms with Gasteiger partial charge in [0.15, 0.2) is 0 Å². The van der Waals surface area contributed by atoms with Crippen molar-refractivity contribution in [1.82, 2.24) is 4.31 Å². The Morgan fingerprint density at radius 1 is 1.07 bits per heavy atom. The summed E-state index contributed by atoms with van der Waals surface area (Å²) in [6.45, 7) is 5.54. The van der Waals surface area contributed by atoms with Crippen LogP contribution in [0.4, 0.5) is 0 Å². The molecule has 0 amide bonds. The van der Waals surface area contributed by atoms with Crippen molar-refractivity contribution in [3.63, 3.8) is 0 Å². The summed E-state index contributed by atoms with van der Waals surface area (Å²) in [4.78, 5) is 0. The van der Waals surface area contributed by atoms with Gasteiger partial charge < -0.3 is 4.74 Å². The van der Waals surface area contributed by atoms with Gasteiger partial charge in [-0.3, -0.25) is 0 Å². The zero-order chi connectivity index (χ0) is 19.7. The number of aryl methyl sites for hydroxylation is 1. The summed E-state index contributed by atoms with van der Waals surface area (Å²) in [6.07, 6.45) is 3.40. The minimum Gasteiger partial charge on any atom is -0.493 e. The second-order valence-corrected chi connectivity index (χ2v) is 10.3. The highest BCUT2D eigenvalue weighted by Gasteiger charge is 2.36. The van der Waals surface area contributed by atoms with E-state index in [-0.39, 0.29) is 11.8 Å². The molecule has 0 radical (unpaired) electrons. The highest BCUT2D eigenvalue weighted by molar-refractivity contribution is 7.89. The second-order valence-electron chi connectivity index (χ2n) is 8.28. The first-order valence-corrected chi connectivity index (χ1v) is 11.9. The number of sulfonamides is 1. The lowest BCUT2D eigenvalue weighted by molar-refractivity contribution is 0.357. The maximum atomic E-state index is 13.1. The van der Waals surface area contributed by atoms with E-state index in [0.717, 1.165) is 42.7 Å². The van der Waals surface area contributed by atoms with Crippen LogP contribution in [0.3, 0.4) is 0 Å². The second kappa shape index (κ2) is 7.88. The molecular weight excluding hydrogens is 370 g/mol. The van der Waals surface area contributed by atoms with Crippen molar-refractivity contribution in [1.29, 1.82) is 0 Å². The number of nitrogens with zero attached hydrogens (tertiary/aromatic N) is 1. The average Bonchev–Trinajstić information content (AvgIpc) is 3.41. The fraction of sp³-hybridized carbons (Fsp3) is 0.478. The minimum atomic E-state index is -3.29. The monoisotopic (exact) mass is 399 g/mol. The third kappa shape index (κ3) is 4.41. The number of rotatable bonds is 8. The largest absolute Gasteiger partial charge is 0.493 e. The van der Waals surface area contributed by atoms with E-state index in [1.807, 2.05) is 12.1 Å². The summed E-state index contributed by atoms with van der Waals surface area (Å²) in [6, 6.07) is 14.6. The molecule has 2 aromatic rings. The number of ether oxygens (including phenoxy) is 1. The van der Waals surface area contributed by atoms with Gasteiger partial charge in [0.1, 0.15) is 5.75 Å². The fourth-order valence-corrected chi connectivity index (χ4v) is 5.50. The molecule has 5 heteroatoms. The Bertz CT molecular complexity index is 931. The molecule has 1 fully saturated rings. The molecule has 0 unspecified atom stereocenters. The average molecular weight is 400 g/mol. The van der Waals surface area contributed by atoms with Crippen molar-refractivity contribution in [2.45, 2.75) is 58.0 Å². The smallest absolute Gasteiger partial charge is 0.214 e. The van der Waals surface area contributed by atoms with Gasteiger partial charge in [-0.25, -0.2) is 8.42 Å². The molecule has 28 heavy (non-hydrogen) atoms. The van der Waals surface area contributed by atoms with Gasteiger partial charge in [-0.15, -0.1) is 0 Å². The Balaban J connectivity index is 1.44. The van der Waals surface area contributed by atoms with Crippen LogP contribution < -0.4 is 4.74 Å². The zero-order valence-corrected chi connectivity index (χ0v) is 17.5. The third-order valence-corrected chi connectivity index (χ3v) is 7.56. The molecule has 2 aromatic carbocycles. The molecule has 1 aliphatic heterocycles. The van der Waals surface area contributed by atoms with Gasteiger partial charge in [0.25, 0.3) is 0 Å². The van der Waals surface area contributed by atoms with E-state index in [2.05, 4.69) is 44.2 Å². The van der Waals surface area contributed by atoms with Crippen molar-refractivity contribution >= 4 is 10.0 Å². The summed E-state index contributed by atoms with van der Waals surface area (Å²) in [5.74, 6) is 1.58. The van der Waals surface area contributed by atoms with Crippen molar-refractivity contribution < 1.29 is 13.2 Å². The number of hydrogen-bond acceptors (Lipinski definition) is 3. The van der Waals surface area contributed by atoms with Crippen LogP contribution in [-0.2, 0) is 29.4 Å². The van der Waals surface area contributed by atoms with Gasteiger partial charge in [0.2, 0.25) is 10.0 Å². The van der Waals surface area contributed by atoms with Crippen LogP contribution in [0.15, 0.2) is 42.5 Å². The van der Waals surface area contributed by atoms with Gasteiger partial charge in [-0.05, 0) is 53.5 Å². The van der Waals surface area contributed by atoms with Crippen LogP contribution in [0.5, 0.6) is 5.75 Å². The van der Waals surface area contributed by atoms with E-state index in [0.29, 0.717) is 18.9 Å². The molecule has 4 rings (SSSR count). The van der Waals surface area contributed by atoms with Crippen LogP contribution in [0.2, 0.25) is 0 Å². The Kier molecular flexibility index (Phi) is 5.48. The Morgan fingerprint density at radius 3 is 2.46 bits per heavy atom. The number of hydrogen-bond donors (Lipinski definition) is 0. The van der Waals surface area contributed by atoms with Crippen molar-refractivity contribution in [2.75, 3.05) is 12.4 Å². The summed E-state index contributed by atoms with van der Waals surface area (Å²) in [7, 11) is -3.29. The van der Waals surface area contributed by atoms with Gasteiger partial charge >= 0.3 is 0 Å². The summed E-state index contributed by atoms with van der Waals surface area (Å²) in [5, 5.41) is 0. The highest BCUT2D eigenvalue weighted by atomic mass is 32.2. The highest BCUT2D eigenvalue weighted by Crippen LogP contribution is 2.32. The first-order valence-electron chi connectivity index (χ1n) is 10.3. The molecule has 4 nitrogen and oxygen atoms in total. The van der Waals surface area contributed by atoms with Crippen molar-refractivity contribution in [3.8, 4) is 5.75 Å². The summed E-state index contributed by atoms with van der Waals surface area (Å²) in [5.41, 5.74) is 4.61. The quantitative estimate of drug-likeness (QED) is 0.666. The molecule has 0 aromatic heterocycles. The lowest BCUT2D eigenvalue weighted by Gasteiger charge is -2.22. The molecular formula is C23H29NO3S. The molecule has 1 heterocycles. The maximum absolute atomic E-state index is 13.1. The lowest BCUT2D eigenvalue weighted by atomic mass is 10.0. The zero-order valence-electron chi connectivity index (χ0n) is 16.7. The van der Waals surface area contributed by atoms with Gasteiger partial charge in [-0.2, -0.15) is 4.31 Å². The van der Waals surface area contributed by atoms with Gasteiger partial charge in [0.05, 0.1) is 12.4 Å². The van der Waals surface area contributed by atoms with E-state index < -0.39 is 10.0 Å². The van der Waals surface area contributed by atoms with Crippen LogP contribution in [0.1, 0.15) is 54.9 Å². The topological polar surface area (TPSA) is 46.6 Å². The lowest BCUT2D eigenvalue weighted by Crippen LogP contribution is -2.35. The predicted molar refractivity (Wildman–Crippen MR) is 112 cm³/mol. The van der Waals surface area contributed by atoms with E-state index in [1.54, 1.807) is 4.31 Å². The minimum absolute atomic E-state index is 0.160. The summed E-state index contributed by atoms with van der Waals surface area (Å²) >= 11 is 0. The van der Waals surface area contributed by atoms with Crippen LogP contribution in [0.25, 0.3) is 0 Å². The molecule has 0 N–H and O–H groups in total. The Morgan fingerprint density at radius 2 is 1.79 bits per heavy atom. The molecule has 0 atom stereocenters. The summed E-state index contributed by atoms with van der Waals surface area (Å²) < 4.78 is 33.5. The van der Waals surface area contributed by atoms with Gasteiger partial charge in [-0.1, -0.05) is 50.2 Å². The Labute approximate surface area is 168 Å². The molecule has 1 aliphatic carbocycles. The van der Waals surface area contributed by atoms with Crippen molar-refractivity contribution in [3.05, 3.63) is 64.7 Å². The first kappa shape index (κ1) is 19.5. The molecule has 1 saturated carbocycles.